The highest BCUT2D eigenvalue weighted by Gasteiger charge is 2.15. The van der Waals surface area contributed by atoms with Crippen LogP contribution in [-0.4, -0.2) is 17.9 Å². The van der Waals surface area contributed by atoms with Gasteiger partial charge >= 0.3 is 0 Å². The van der Waals surface area contributed by atoms with Crippen LogP contribution in [0.1, 0.15) is 5.56 Å². The normalized spacial score (nSPS) is 11.7. The number of primary amides is 1. The summed E-state index contributed by atoms with van der Waals surface area (Å²) in [5.41, 5.74) is 11.3. The van der Waals surface area contributed by atoms with Gasteiger partial charge in [-0.05, 0) is 5.56 Å². The summed E-state index contributed by atoms with van der Waals surface area (Å²) in [4.78, 5) is 11.0. The average Bonchev–Trinajstić information content (AvgIpc) is 2.17. The number of guanidine groups is 1. The third-order valence-corrected chi connectivity index (χ3v) is 1.96. The Hall–Kier alpha value is -2.04. The van der Waals surface area contributed by atoms with E-state index in [-0.39, 0.29) is 5.96 Å². The Balaban J connectivity index is 2.67. The van der Waals surface area contributed by atoms with Crippen molar-refractivity contribution in [3.8, 4) is 0 Å². The van der Waals surface area contributed by atoms with Crippen LogP contribution in [0.3, 0.4) is 0 Å². The van der Waals surface area contributed by atoms with Gasteiger partial charge < -0.3 is 16.8 Å². The lowest BCUT2D eigenvalue weighted by Gasteiger charge is -2.14. The van der Waals surface area contributed by atoms with Crippen molar-refractivity contribution in [3.63, 3.8) is 0 Å². The van der Waals surface area contributed by atoms with Crippen LogP contribution in [0, 0.1) is 5.41 Å². The Labute approximate surface area is 88.0 Å². The summed E-state index contributed by atoms with van der Waals surface area (Å²) in [6.07, 6.45) is 0.426. The van der Waals surface area contributed by atoms with E-state index in [2.05, 4.69) is 5.32 Å². The van der Waals surface area contributed by atoms with Gasteiger partial charge in [-0.25, -0.2) is 0 Å². The zero-order valence-corrected chi connectivity index (χ0v) is 8.23. The van der Waals surface area contributed by atoms with E-state index in [1.807, 2.05) is 30.3 Å². The summed E-state index contributed by atoms with van der Waals surface area (Å²) >= 11 is 0. The molecule has 5 nitrogen and oxygen atoms in total. The Morgan fingerprint density at radius 2 is 1.93 bits per heavy atom. The van der Waals surface area contributed by atoms with Crippen LogP contribution in [0.4, 0.5) is 0 Å². The summed E-state index contributed by atoms with van der Waals surface area (Å²) in [7, 11) is 0. The first-order valence-electron chi connectivity index (χ1n) is 4.53. The van der Waals surface area contributed by atoms with Gasteiger partial charge in [0.1, 0.15) is 6.04 Å². The zero-order valence-electron chi connectivity index (χ0n) is 8.23. The smallest absolute Gasteiger partial charge is 0.240 e. The van der Waals surface area contributed by atoms with Gasteiger partial charge in [0.25, 0.3) is 0 Å². The number of nitrogens with one attached hydrogen (secondary N) is 2. The lowest BCUT2D eigenvalue weighted by atomic mass is 10.1. The summed E-state index contributed by atoms with van der Waals surface area (Å²) in [6, 6.07) is 8.78. The van der Waals surface area contributed by atoms with E-state index < -0.39 is 11.9 Å². The second-order valence-electron chi connectivity index (χ2n) is 3.20. The standard InChI is InChI=1S/C10H14N4O/c11-9(15)8(14-10(12)13)6-7-4-2-1-3-5-7/h1-5,8H,6H2,(H2,11,15)(H4,12,13,14)/t8-/m0/s1. The Bertz CT molecular complexity index is 350. The molecule has 0 saturated heterocycles. The van der Waals surface area contributed by atoms with Crippen molar-refractivity contribution in [2.24, 2.45) is 11.5 Å². The van der Waals surface area contributed by atoms with Crippen molar-refractivity contribution in [2.45, 2.75) is 12.5 Å². The minimum atomic E-state index is -0.634. The van der Waals surface area contributed by atoms with E-state index in [4.69, 9.17) is 16.9 Å². The molecule has 0 aromatic heterocycles. The SMILES string of the molecule is N=C(N)N[C@@H](Cc1ccccc1)C(N)=O. The molecular formula is C10H14N4O. The fraction of sp³-hybridized carbons (Fsp3) is 0.200. The number of amides is 1. The topological polar surface area (TPSA) is 105 Å². The number of carbonyl (C=O) groups excluding carboxylic acids is 1. The van der Waals surface area contributed by atoms with Gasteiger partial charge in [0.15, 0.2) is 5.96 Å². The van der Waals surface area contributed by atoms with E-state index in [1.165, 1.54) is 0 Å². The molecule has 6 N–H and O–H groups in total. The quantitative estimate of drug-likeness (QED) is 0.396. The van der Waals surface area contributed by atoms with Crippen molar-refractivity contribution >= 4 is 11.9 Å². The van der Waals surface area contributed by atoms with Gasteiger partial charge in [0.05, 0.1) is 0 Å². The Kier molecular flexibility index (Phi) is 3.68. The van der Waals surface area contributed by atoms with E-state index in [0.29, 0.717) is 6.42 Å². The van der Waals surface area contributed by atoms with Crippen molar-refractivity contribution < 1.29 is 4.79 Å². The monoisotopic (exact) mass is 206 g/mol. The van der Waals surface area contributed by atoms with Crippen LogP contribution in [0.2, 0.25) is 0 Å². The van der Waals surface area contributed by atoms with Crippen LogP contribution >= 0.6 is 0 Å². The molecule has 0 spiro atoms. The first-order valence-corrected chi connectivity index (χ1v) is 4.53. The van der Waals surface area contributed by atoms with Crippen LogP contribution in [0.25, 0.3) is 0 Å². The molecular weight excluding hydrogens is 192 g/mol. The first kappa shape index (κ1) is 11.0. The molecule has 1 aromatic carbocycles. The Morgan fingerprint density at radius 1 is 1.33 bits per heavy atom. The maximum atomic E-state index is 11.0. The number of rotatable bonds is 4. The maximum absolute atomic E-state index is 11.0. The minimum absolute atomic E-state index is 0.255. The van der Waals surface area contributed by atoms with Crippen molar-refractivity contribution in [2.75, 3.05) is 0 Å². The lowest BCUT2D eigenvalue weighted by molar-refractivity contribution is -0.119. The predicted molar refractivity (Wildman–Crippen MR) is 58.2 cm³/mol. The number of hydrogen-bond acceptors (Lipinski definition) is 2. The van der Waals surface area contributed by atoms with E-state index in [0.717, 1.165) is 5.56 Å². The number of carbonyl (C=O) groups is 1. The Morgan fingerprint density at radius 3 is 2.40 bits per heavy atom. The molecule has 0 radical (unpaired) electrons. The second-order valence-corrected chi connectivity index (χ2v) is 3.20. The molecule has 0 fully saturated rings. The highest BCUT2D eigenvalue weighted by molar-refractivity contribution is 5.86. The molecule has 0 aliphatic carbocycles. The van der Waals surface area contributed by atoms with Gasteiger partial charge in [-0.2, -0.15) is 0 Å². The van der Waals surface area contributed by atoms with Gasteiger partial charge in [-0.3, -0.25) is 10.2 Å². The zero-order chi connectivity index (χ0) is 11.3. The molecule has 0 saturated carbocycles. The number of benzene rings is 1. The molecule has 1 aromatic rings. The van der Waals surface area contributed by atoms with Gasteiger partial charge in [-0.15, -0.1) is 0 Å². The average molecular weight is 206 g/mol. The molecule has 1 rings (SSSR count). The fourth-order valence-corrected chi connectivity index (χ4v) is 1.26. The third kappa shape index (κ3) is 3.68. The minimum Gasteiger partial charge on any atom is -0.370 e. The highest BCUT2D eigenvalue weighted by atomic mass is 16.1. The van der Waals surface area contributed by atoms with E-state index in [9.17, 15) is 4.79 Å². The largest absolute Gasteiger partial charge is 0.370 e. The second kappa shape index (κ2) is 4.99. The summed E-state index contributed by atoms with van der Waals surface area (Å²) in [5, 5.41) is 9.56. The maximum Gasteiger partial charge on any atom is 0.240 e. The van der Waals surface area contributed by atoms with Gasteiger partial charge in [0, 0.05) is 6.42 Å². The summed E-state index contributed by atoms with van der Waals surface area (Å²) in [6.45, 7) is 0. The summed E-state index contributed by atoms with van der Waals surface area (Å²) in [5.74, 6) is -0.774. The molecule has 0 aliphatic heterocycles. The van der Waals surface area contributed by atoms with Crippen molar-refractivity contribution in [3.05, 3.63) is 35.9 Å². The molecule has 1 atom stereocenters. The highest BCUT2D eigenvalue weighted by Crippen LogP contribution is 2.02. The number of hydrogen-bond donors (Lipinski definition) is 4. The first-order chi connectivity index (χ1) is 7.09. The molecule has 0 aliphatic rings. The van der Waals surface area contributed by atoms with Gasteiger partial charge in [0.2, 0.25) is 5.91 Å². The van der Waals surface area contributed by atoms with Crippen LogP contribution in [0.15, 0.2) is 30.3 Å². The van der Waals surface area contributed by atoms with Crippen molar-refractivity contribution in [1.29, 1.82) is 5.41 Å². The van der Waals surface area contributed by atoms with Crippen LogP contribution in [-0.2, 0) is 11.2 Å². The van der Waals surface area contributed by atoms with E-state index >= 15 is 0 Å². The molecule has 15 heavy (non-hydrogen) atoms. The molecule has 0 unspecified atom stereocenters. The summed E-state index contributed by atoms with van der Waals surface area (Å²) < 4.78 is 0. The number of nitrogens with two attached hydrogens (primary N) is 2. The predicted octanol–water partition coefficient (Wildman–Crippen LogP) is -0.434. The van der Waals surface area contributed by atoms with Crippen LogP contribution in [0.5, 0.6) is 0 Å². The lowest BCUT2D eigenvalue weighted by Crippen LogP contribution is -2.48. The molecule has 1 amide bonds. The molecule has 80 valence electrons. The molecule has 0 heterocycles. The fourth-order valence-electron chi connectivity index (χ4n) is 1.26. The molecule has 5 heteroatoms. The van der Waals surface area contributed by atoms with Crippen molar-refractivity contribution in [1.82, 2.24) is 5.32 Å². The molecule has 0 bridgehead atoms. The van der Waals surface area contributed by atoms with Crippen LogP contribution < -0.4 is 16.8 Å². The van der Waals surface area contributed by atoms with E-state index in [1.54, 1.807) is 0 Å². The third-order valence-electron chi connectivity index (χ3n) is 1.96. The van der Waals surface area contributed by atoms with Gasteiger partial charge in [-0.1, -0.05) is 30.3 Å².